The van der Waals surface area contributed by atoms with Gasteiger partial charge in [0.05, 0.1) is 6.61 Å². The van der Waals surface area contributed by atoms with E-state index in [-0.39, 0.29) is 5.91 Å². The first kappa shape index (κ1) is 16.0. The summed E-state index contributed by atoms with van der Waals surface area (Å²) in [6.07, 6.45) is 1.78. The maximum Gasteiger partial charge on any atom is 0.223 e. The van der Waals surface area contributed by atoms with Crippen molar-refractivity contribution in [3.63, 3.8) is 0 Å². The van der Waals surface area contributed by atoms with E-state index in [4.69, 9.17) is 4.74 Å². The summed E-state index contributed by atoms with van der Waals surface area (Å²) in [7, 11) is 3.64. The van der Waals surface area contributed by atoms with Crippen LogP contribution in [0, 0.1) is 5.92 Å². The molecule has 1 aromatic carbocycles. The van der Waals surface area contributed by atoms with Crippen LogP contribution in [-0.2, 0) is 16.1 Å². The molecule has 1 aromatic rings. The van der Waals surface area contributed by atoms with E-state index in [9.17, 15) is 4.79 Å². The molecule has 2 rings (SSSR count). The molecule has 1 heterocycles. The van der Waals surface area contributed by atoms with Crippen LogP contribution in [0.25, 0.3) is 0 Å². The van der Waals surface area contributed by atoms with Crippen molar-refractivity contribution >= 4 is 5.91 Å². The second-order valence-corrected chi connectivity index (χ2v) is 5.90. The average molecular weight is 290 g/mol. The molecule has 1 aliphatic heterocycles. The van der Waals surface area contributed by atoms with Crippen molar-refractivity contribution in [1.82, 2.24) is 9.80 Å². The number of hydrogen-bond donors (Lipinski definition) is 0. The van der Waals surface area contributed by atoms with Gasteiger partial charge in [-0.25, -0.2) is 0 Å². The van der Waals surface area contributed by atoms with Crippen molar-refractivity contribution in [3.05, 3.63) is 35.9 Å². The summed E-state index contributed by atoms with van der Waals surface area (Å²) < 4.78 is 5.20. The molecule has 0 saturated carbocycles. The zero-order valence-corrected chi connectivity index (χ0v) is 13.1. The highest BCUT2D eigenvalue weighted by molar-refractivity contribution is 5.76. The molecule has 1 aliphatic rings. The SMILES string of the molecule is COC[C@@H]1CCN(CCC(=O)N(C)Cc2ccccc2)C1. The molecule has 0 aromatic heterocycles. The van der Waals surface area contributed by atoms with Crippen LogP contribution in [0.15, 0.2) is 30.3 Å². The fourth-order valence-electron chi connectivity index (χ4n) is 2.88. The van der Waals surface area contributed by atoms with E-state index in [1.807, 2.05) is 30.1 Å². The predicted octanol–water partition coefficient (Wildman–Crippen LogP) is 2.00. The van der Waals surface area contributed by atoms with Crippen LogP contribution in [0.5, 0.6) is 0 Å². The Kier molecular flexibility index (Phi) is 6.21. The van der Waals surface area contributed by atoms with Gasteiger partial charge in [-0.3, -0.25) is 4.79 Å². The number of ether oxygens (including phenoxy) is 1. The lowest BCUT2D eigenvalue weighted by molar-refractivity contribution is -0.130. The molecular weight excluding hydrogens is 264 g/mol. The number of rotatable bonds is 7. The predicted molar refractivity (Wildman–Crippen MR) is 84.0 cm³/mol. The number of nitrogens with zero attached hydrogens (tertiary/aromatic N) is 2. The van der Waals surface area contributed by atoms with E-state index in [2.05, 4.69) is 17.0 Å². The molecular formula is C17H26N2O2. The third-order valence-corrected chi connectivity index (χ3v) is 4.10. The van der Waals surface area contributed by atoms with Crippen molar-refractivity contribution in [3.8, 4) is 0 Å². The molecule has 0 bridgehead atoms. The van der Waals surface area contributed by atoms with E-state index in [0.29, 0.717) is 18.9 Å². The minimum absolute atomic E-state index is 0.217. The number of carbonyl (C=O) groups excluding carboxylic acids is 1. The van der Waals surface area contributed by atoms with Crippen LogP contribution in [0.2, 0.25) is 0 Å². The van der Waals surface area contributed by atoms with Gasteiger partial charge in [-0.1, -0.05) is 30.3 Å². The fraction of sp³-hybridized carbons (Fsp3) is 0.588. The molecule has 1 amide bonds. The van der Waals surface area contributed by atoms with E-state index in [1.54, 1.807) is 7.11 Å². The fourth-order valence-corrected chi connectivity index (χ4v) is 2.88. The number of benzene rings is 1. The third kappa shape index (κ3) is 5.14. The summed E-state index contributed by atoms with van der Waals surface area (Å²) in [5.41, 5.74) is 1.18. The van der Waals surface area contributed by atoms with Gasteiger partial charge in [0.1, 0.15) is 0 Å². The van der Waals surface area contributed by atoms with Gasteiger partial charge in [-0.15, -0.1) is 0 Å². The lowest BCUT2D eigenvalue weighted by atomic mass is 10.1. The number of hydrogen-bond acceptors (Lipinski definition) is 3. The normalized spacial score (nSPS) is 18.9. The molecule has 1 fully saturated rings. The van der Waals surface area contributed by atoms with Gasteiger partial charge in [-0.05, 0) is 24.4 Å². The van der Waals surface area contributed by atoms with Gasteiger partial charge in [0.25, 0.3) is 0 Å². The van der Waals surface area contributed by atoms with Gasteiger partial charge in [-0.2, -0.15) is 0 Å². The van der Waals surface area contributed by atoms with E-state index in [1.165, 1.54) is 12.0 Å². The van der Waals surface area contributed by atoms with Gasteiger partial charge >= 0.3 is 0 Å². The Bertz CT molecular complexity index is 436. The quantitative estimate of drug-likeness (QED) is 0.770. The summed E-state index contributed by atoms with van der Waals surface area (Å²) in [5.74, 6) is 0.848. The van der Waals surface area contributed by atoms with Crippen LogP contribution in [0.3, 0.4) is 0 Å². The van der Waals surface area contributed by atoms with Crippen molar-refractivity contribution in [1.29, 1.82) is 0 Å². The van der Waals surface area contributed by atoms with Crippen LogP contribution in [0.4, 0.5) is 0 Å². The lowest BCUT2D eigenvalue weighted by Gasteiger charge is -2.20. The van der Waals surface area contributed by atoms with Crippen LogP contribution < -0.4 is 0 Å². The highest BCUT2D eigenvalue weighted by atomic mass is 16.5. The van der Waals surface area contributed by atoms with Crippen LogP contribution in [-0.4, -0.2) is 56.1 Å². The topological polar surface area (TPSA) is 32.8 Å². The molecule has 0 radical (unpaired) electrons. The second-order valence-electron chi connectivity index (χ2n) is 5.90. The van der Waals surface area contributed by atoms with Gasteiger partial charge in [0.15, 0.2) is 0 Å². The zero-order valence-electron chi connectivity index (χ0n) is 13.1. The largest absolute Gasteiger partial charge is 0.384 e. The first-order valence-electron chi connectivity index (χ1n) is 7.68. The smallest absolute Gasteiger partial charge is 0.223 e. The Labute approximate surface area is 127 Å². The van der Waals surface area contributed by atoms with Gasteiger partial charge in [0, 0.05) is 40.2 Å². The first-order valence-corrected chi connectivity index (χ1v) is 7.68. The molecule has 4 nitrogen and oxygen atoms in total. The molecule has 116 valence electrons. The maximum atomic E-state index is 12.2. The Morgan fingerprint density at radius 2 is 2.14 bits per heavy atom. The van der Waals surface area contributed by atoms with Crippen molar-refractivity contribution in [2.75, 3.05) is 40.4 Å². The Morgan fingerprint density at radius 3 is 2.86 bits per heavy atom. The Balaban J connectivity index is 1.70. The summed E-state index contributed by atoms with van der Waals surface area (Å²) in [6, 6.07) is 10.1. The average Bonchev–Trinajstić information content (AvgIpc) is 2.94. The van der Waals surface area contributed by atoms with Gasteiger partial charge < -0.3 is 14.5 Å². The van der Waals surface area contributed by atoms with E-state index >= 15 is 0 Å². The number of carbonyl (C=O) groups is 1. The van der Waals surface area contributed by atoms with Crippen LogP contribution >= 0.6 is 0 Å². The molecule has 4 heteroatoms. The highest BCUT2D eigenvalue weighted by Gasteiger charge is 2.22. The second kappa shape index (κ2) is 8.15. The number of methoxy groups -OCH3 is 1. The molecule has 0 N–H and O–H groups in total. The molecule has 0 spiro atoms. The summed E-state index contributed by atoms with van der Waals surface area (Å²) in [5, 5.41) is 0. The minimum atomic E-state index is 0.217. The lowest BCUT2D eigenvalue weighted by Crippen LogP contribution is -2.31. The Morgan fingerprint density at radius 1 is 1.38 bits per heavy atom. The van der Waals surface area contributed by atoms with E-state index < -0.39 is 0 Å². The summed E-state index contributed by atoms with van der Waals surface area (Å²) >= 11 is 0. The summed E-state index contributed by atoms with van der Waals surface area (Å²) in [6.45, 7) is 4.52. The molecule has 0 unspecified atom stereocenters. The van der Waals surface area contributed by atoms with Crippen LogP contribution in [0.1, 0.15) is 18.4 Å². The standard InChI is InChI=1S/C17H26N2O2/c1-18(12-15-6-4-3-5-7-15)17(20)9-11-19-10-8-16(13-19)14-21-2/h3-7,16H,8-14H2,1-2H3/t16-/m1/s1. The van der Waals surface area contributed by atoms with Crippen molar-refractivity contribution in [2.45, 2.75) is 19.4 Å². The van der Waals surface area contributed by atoms with Crippen molar-refractivity contribution in [2.24, 2.45) is 5.92 Å². The summed E-state index contributed by atoms with van der Waals surface area (Å²) in [4.78, 5) is 16.4. The minimum Gasteiger partial charge on any atom is -0.384 e. The molecule has 0 aliphatic carbocycles. The molecule has 21 heavy (non-hydrogen) atoms. The Hall–Kier alpha value is -1.39. The first-order chi connectivity index (χ1) is 10.2. The monoisotopic (exact) mass is 290 g/mol. The maximum absolute atomic E-state index is 12.2. The van der Waals surface area contributed by atoms with Gasteiger partial charge in [0.2, 0.25) is 5.91 Å². The molecule has 1 atom stereocenters. The number of amides is 1. The molecule has 1 saturated heterocycles. The highest BCUT2D eigenvalue weighted by Crippen LogP contribution is 2.16. The zero-order chi connectivity index (χ0) is 15.1. The third-order valence-electron chi connectivity index (χ3n) is 4.10. The number of likely N-dealkylation sites (tertiary alicyclic amines) is 1. The van der Waals surface area contributed by atoms with Crippen molar-refractivity contribution < 1.29 is 9.53 Å². The van der Waals surface area contributed by atoms with E-state index in [0.717, 1.165) is 26.2 Å².